The smallest absolute Gasteiger partial charge is 0.410 e. The molecule has 1 aliphatic carbocycles. The summed E-state index contributed by atoms with van der Waals surface area (Å²) >= 11 is 0. The van der Waals surface area contributed by atoms with Crippen LogP contribution in [-0.2, 0) is 4.74 Å². The van der Waals surface area contributed by atoms with Crippen LogP contribution in [0.3, 0.4) is 0 Å². The van der Waals surface area contributed by atoms with Crippen molar-refractivity contribution in [2.75, 3.05) is 19.6 Å². The van der Waals surface area contributed by atoms with E-state index in [0.717, 1.165) is 32.5 Å². The second-order valence-electron chi connectivity index (χ2n) is 4.66. The number of carbonyl (C=O) groups excluding carboxylic acids is 1. The van der Waals surface area contributed by atoms with Crippen molar-refractivity contribution < 1.29 is 9.53 Å². The quantitative estimate of drug-likeness (QED) is 0.738. The van der Waals surface area contributed by atoms with E-state index in [9.17, 15) is 4.79 Å². The van der Waals surface area contributed by atoms with Crippen molar-refractivity contribution in [3.05, 3.63) is 0 Å². The van der Waals surface area contributed by atoms with Gasteiger partial charge in [0.05, 0.1) is 6.54 Å². The third-order valence-electron chi connectivity index (χ3n) is 3.50. The molecule has 3 fully saturated rings. The SMILES string of the molecule is Cl.O=C1OC2(CCNCC2)CN1C1CC1. The zero-order valence-electron chi connectivity index (χ0n) is 8.70. The third kappa shape index (κ3) is 1.93. The van der Waals surface area contributed by atoms with Gasteiger partial charge in [-0.1, -0.05) is 0 Å². The number of piperidine rings is 1. The molecule has 1 spiro atoms. The van der Waals surface area contributed by atoms with E-state index >= 15 is 0 Å². The Morgan fingerprint density at radius 2 is 2.00 bits per heavy atom. The molecule has 2 heterocycles. The first-order valence-corrected chi connectivity index (χ1v) is 5.49. The van der Waals surface area contributed by atoms with Crippen LogP contribution in [0.1, 0.15) is 25.7 Å². The lowest BCUT2D eigenvalue weighted by molar-refractivity contribution is 0.0316. The zero-order chi connectivity index (χ0) is 9.60. The molecule has 3 rings (SSSR count). The highest BCUT2D eigenvalue weighted by Gasteiger charge is 2.49. The maximum absolute atomic E-state index is 11.6. The molecule has 1 N–H and O–H groups in total. The molecule has 86 valence electrons. The third-order valence-corrected chi connectivity index (χ3v) is 3.50. The fraction of sp³-hybridized carbons (Fsp3) is 0.900. The van der Waals surface area contributed by atoms with Gasteiger partial charge in [-0.3, -0.25) is 0 Å². The summed E-state index contributed by atoms with van der Waals surface area (Å²) in [5.41, 5.74) is -0.148. The zero-order valence-corrected chi connectivity index (χ0v) is 9.52. The van der Waals surface area contributed by atoms with E-state index in [1.54, 1.807) is 0 Å². The van der Waals surface area contributed by atoms with Gasteiger partial charge < -0.3 is 15.0 Å². The maximum atomic E-state index is 11.6. The Labute approximate surface area is 95.7 Å². The molecule has 4 nitrogen and oxygen atoms in total. The van der Waals surface area contributed by atoms with Crippen LogP contribution in [0.25, 0.3) is 0 Å². The van der Waals surface area contributed by atoms with Crippen LogP contribution in [0.15, 0.2) is 0 Å². The van der Waals surface area contributed by atoms with Crippen LogP contribution in [0.2, 0.25) is 0 Å². The Balaban J connectivity index is 0.000000853. The van der Waals surface area contributed by atoms with Crippen LogP contribution in [0.5, 0.6) is 0 Å². The average Bonchev–Trinajstić information content (AvgIpc) is 2.95. The van der Waals surface area contributed by atoms with Crippen molar-refractivity contribution in [1.29, 1.82) is 0 Å². The first-order valence-electron chi connectivity index (χ1n) is 5.49. The van der Waals surface area contributed by atoms with Crippen molar-refractivity contribution >= 4 is 18.5 Å². The number of carbonyl (C=O) groups is 1. The number of amides is 1. The van der Waals surface area contributed by atoms with Gasteiger partial charge in [0.2, 0.25) is 0 Å². The molecule has 1 amide bonds. The van der Waals surface area contributed by atoms with Gasteiger partial charge in [0.15, 0.2) is 0 Å². The van der Waals surface area contributed by atoms with E-state index in [4.69, 9.17) is 4.74 Å². The Morgan fingerprint density at radius 1 is 1.33 bits per heavy atom. The van der Waals surface area contributed by atoms with Gasteiger partial charge >= 0.3 is 6.09 Å². The summed E-state index contributed by atoms with van der Waals surface area (Å²) in [5.74, 6) is 0. The lowest BCUT2D eigenvalue weighted by Crippen LogP contribution is -2.45. The molecular formula is C10H17ClN2O2. The number of rotatable bonds is 1. The van der Waals surface area contributed by atoms with E-state index in [2.05, 4.69) is 5.32 Å². The Morgan fingerprint density at radius 3 is 2.60 bits per heavy atom. The minimum absolute atomic E-state index is 0. The molecule has 0 radical (unpaired) electrons. The monoisotopic (exact) mass is 232 g/mol. The first kappa shape index (κ1) is 11.0. The molecule has 1 saturated carbocycles. The molecule has 5 heteroatoms. The number of nitrogens with zero attached hydrogens (tertiary/aromatic N) is 1. The molecule has 0 aromatic rings. The molecule has 0 unspecified atom stereocenters. The van der Waals surface area contributed by atoms with Crippen LogP contribution < -0.4 is 5.32 Å². The highest BCUT2D eigenvalue weighted by atomic mass is 35.5. The molecule has 0 aromatic carbocycles. The minimum atomic E-state index is -0.148. The van der Waals surface area contributed by atoms with E-state index in [0.29, 0.717) is 6.04 Å². The van der Waals surface area contributed by atoms with Crippen LogP contribution in [0.4, 0.5) is 4.79 Å². The summed E-state index contributed by atoms with van der Waals surface area (Å²) in [7, 11) is 0. The van der Waals surface area contributed by atoms with Crippen LogP contribution in [0, 0.1) is 0 Å². The molecule has 3 aliphatic rings. The number of halogens is 1. The number of ether oxygens (including phenoxy) is 1. The van der Waals surface area contributed by atoms with Crippen molar-refractivity contribution in [2.45, 2.75) is 37.3 Å². The topological polar surface area (TPSA) is 41.6 Å². The van der Waals surface area contributed by atoms with Gasteiger partial charge in [-0.2, -0.15) is 0 Å². The lowest BCUT2D eigenvalue weighted by Gasteiger charge is -2.31. The average molecular weight is 233 g/mol. The fourth-order valence-corrected chi connectivity index (χ4v) is 2.46. The van der Waals surface area contributed by atoms with Gasteiger partial charge in [0.1, 0.15) is 5.60 Å². The van der Waals surface area contributed by atoms with Gasteiger partial charge in [-0.15, -0.1) is 12.4 Å². The predicted octanol–water partition coefficient (Wildman–Crippen LogP) is 1.14. The first-order chi connectivity index (χ1) is 6.79. The summed E-state index contributed by atoms with van der Waals surface area (Å²) < 4.78 is 5.55. The highest BCUT2D eigenvalue weighted by molar-refractivity contribution is 5.85. The summed E-state index contributed by atoms with van der Waals surface area (Å²) in [4.78, 5) is 13.5. The van der Waals surface area contributed by atoms with Gasteiger partial charge in [-0.25, -0.2) is 4.79 Å². The summed E-state index contributed by atoms with van der Waals surface area (Å²) in [5, 5.41) is 3.30. The number of hydrogen-bond donors (Lipinski definition) is 1. The Bertz CT molecular complexity index is 262. The Kier molecular flexibility index (Phi) is 2.81. The van der Waals surface area contributed by atoms with E-state index < -0.39 is 0 Å². The lowest BCUT2D eigenvalue weighted by atomic mass is 9.92. The minimum Gasteiger partial charge on any atom is -0.441 e. The molecule has 0 aromatic heterocycles. The molecule has 0 atom stereocenters. The van der Waals surface area contributed by atoms with Crippen molar-refractivity contribution in [1.82, 2.24) is 10.2 Å². The maximum Gasteiger partial charge on any atom is 0.410 e. The highest BCUT2D eigenvalue weighted by Crippen LogP contribution is 2.37. The number of hydrogen-bond acceptors (Lipinski definition) is 3. The van der Waals surface area contributed by atoms with E-state index in [-0.39, 0.29) is 24.1 Å². The van der Waals surface area contributed by atoms with E-state index in [1.807, 2.05) is 4.90 Å². The Hall–Kier alpha value is -0.480. The van der Waals surface area contributed by atoms with Crippen molar-refractivity contribution in [2.24, 2.45) is 0 Å². The second kappa shape index (κ2) is 3.83. The molecule has 2 saturated heterocycles. The van der Waals surface area contributed by atoms with E-state index in [1.165, 1.54) is 12.8 Å². The van der Waals surface area contributed by atoms with Crippen LogP contribution in [-0.4, -0.2) is 42.3 Å². The normalized spacial score (nSPS) is 28.8. The fourth-order valence-electron chi connectivity index (χ4n) is 2.46. The standard InChI is InChI=1S/C10H16N2O2.ClH/c13-9-12(8-1-2-8)7-10(14-9)3-5-11-6-4-10;/h8,11H,1-7H2;1H. The summed E-state index contributed by atoms with van der Waals surface area (Å²) in [6, 6.07) is 0.497. The predicted molar refractivity (Wildman–Crippen MR) is 58.3 cm³/mol. The largest absolute Gasteiger partial charge is 0.441 e. The summed E-state index contributed by atoms with van der Waals surface area (Å²) in [6.45, 7) is 2.79. The number of nitrogens with one attached hydrogen (secondary N) is 1. The van der Waals surface area contributed by atoms with Gasteiger partial charge in [-0.05, 0) is 25.9 Å². The molecule has 2 aliphatic heterocycles. The van der Waals surface area contributed by atoms with Gasteiger partial charge in [0.25, 0.3) is 0 Å². The second-order valence-corrected chi connectivity index (χ2v) is 4.66. The molecule has 15 heavy (non-hydrogen) atoms. The molecule has 0 bridgehead atoms. The van der Waals surface area contributed by atoms with Crippen molar-refractivity contribution in [3.8, 4) is 0 Å². The summed E-state index contributed by atoms with van der Waals surface area (Å²) in [6.07, 6.45) is 4.21. The van der Waals surface area contributed by atoms with Gasteiger partial charge in [0, 0.05) is 18.9 Å². The molecular weight excluding hydrogens is 216 g/mol. The van der Waals surface area contributed by atoms with Crippen molar-refractivity contribution in [3.63, 3.8) is 0 Å². The van der Waals surface area contributed by atoms with Crippen LogP contribution >= 0.6 is 12.4 Å².